The van der Waals surface area contributed by atoms with Crippen LogP contribution in [0.5, 0.6) is 0 Å². The lowest BCUT2D eigenvalue weighted by Gasteiger charge is -2.40. The number of nitrogens with one attached hydrogen (secondary N) is 1. The molecular weight excluding hydrogens is 432 g/mol. The smallest absolute Gasteiger partial charge is 0.253 e. The number of amides is 1. The lowest BCUT2D eigenvalue weighted by molar-refractivity contribution is 0.0523. The van der Waals surface area contributed by atoms with Crippen LogP contribution in [0.25, 0.3) is 0 Å². The van der Waals surface area contributed by atoms with Gasteiger partial charge in [0.1, 0.15) is 0 Å². The van der Waals surface area contributed by atoms with E-state index in [-0.39, 0.29) is 28.7 Å². The first kappa shape index (κ1) is 21.3. The number of anilines is 1. The number of hydrogen-bond acceptors (Lipinski definition) is 7. The van der Waals surface area contributed by atoms with Crippen LogP contribution in [0, 0.1) is 0 Å². The molecule has 0 aromatic heterocycles. The molecule has 5 rings (SSSR count). The third kappa shape index (κ3) is 4.78. The lowest BCUT2D eigenvalue weighted by Crippen LogP contribution is -2.52. The maximum atomic E-state index is 12.9. The van der Waals surface area contributed by atoms with E-state index in [0.29, 0.717) is 11.6 Å². The molecule has 168 valence electrons. The summed E-state index contributed by atoms with van der Waals surface area (Å²) < 4.78 is 23.4. The second-order valence-corrected chi connectivity index (χ2v) is 12.4. The predicted octanol–water partition coefficient (Wildman–Crippen LogP) is 2.46. The molecule has 0 unspecified atom stereocenters. The maximum absolute atomic E-state index is 12.9. The standard InChI is InChI=1S/C22H30N4O3S2/c27-21(26-12-10-25(11-13-26)18-4-2-1-3-5-18)16-6-8-17(9-7-16)23-22-24-19-14-31(28,29)15-20(19)30-22/h6-9,18-20H,1-5,10-15H2,(H,23,24)/t19-,20-/m1/s1. The number of carbonyl (C=O) groups excluding carboxylic acids is 1. The number of aliphatic imine (C=N–C) groups is 1. The summed E-state index contributed by atoms with van der Waals surface area (Å²) in [7, 11) is -2.94. The largest absolute Gasteiger partial charge is 0.336 e. The Kier molecular flexibility index (Phi) is 6.00. The molecule has 4 aliphatic rings. The third-order valence-corrected chi connectivity index (χ3v) is 10.0. The van der Waals surface area contributed by atoms with Gasteiger partial charge in [-0.1, -0.05) is 31.0 Å². The first-order valence-corrected chi connectivity index (χ1v) is 14.0. The van der Waals surface area contributed by atoms with Gasteiger partial charge < -0.3 is 10.2 Å². The van der Waals surface area contributed by atoms with Crippen molar-refractivity contribution in [3.05, 3.63) is 29.8 Å². The summed E-state index contributed by atoms with van der Waals surface area (Å²) in [5.74, 6) is 0.456. The summed E-state index contributed by atoms with van der Waals surface area (Å²) in [5.41, 5.74) is 1.58. The molecular formula is C22H30N4O3S2. The van der Waals surface area contributed by atoms with E-state index in [1.165, 1.54) is 43.9 Å². The quantitative estimate of drug-likeness (QED) is 0.743. The van der Waals surface area contributed by atoms with Gasteiger partial charge in [0.15, 0.2) is 15.0 Å². The number of hydrogen-bond donors (Lipinski definition) is 1. The first-order chi connectivity index (χ1) is 15.0. The van der Waals surface area contributed by atoms with Crippen molar-refractivity contribution in [2.75, 3.05) is 43.0 Å². The molecule has 1 N–H and O–H groups in total. The highest BCUT2D eigenvalue weighted by atomic mass is 32.2. The van der Waals surface area contributed by atoms with E-state index in [4.69, 9.17) is 0 Å². The maximum Gasteiger partial charge on any atom is 0.253 e. The van der Waals surface area contributed by atoms with Crippen LogP contribution in [0.3, 0.4) is 0 Å². The monoisotopic (exact) mass is 462 g/mol. The Morgan fingerprint density at radius 2 is 1.71 bits per heavy atom. The zero-order chi connectivity index (χ0) is 21.4. The van der Waals surface area contributed by atoms with E-state index in [0.717, 1.165) is 37.0 Å². The molecule has 9 heteroatoms. The normalized spacial score (nSPS) is 28.9. The van der Waals surface area contributed by atoms with E-state index in [1.807, 2.05) is 29.2 Å². The number of piperazine rings is 1. The fraction of sp³-hybridized carbons (Fsp3) is 0.636. The minimum atomic E-state index is -2.94. The molecule has 1 saturated carbocycles. The summed E-state index contributed by atoms with van der Waals surface area (Å²) in [6, 6.07) is 8.12. The van der Waals surface area contributed by atoms with E-state index >= 15 is 0 Å². The molecule has 2 atom stereocenters. The molecule has 3 aliphatic heterocycles. The van der Waals surface area contributed by atoms with Crippen LogP contribution in [-0.2, 0) is 9.84 Å². The average molecular weight is 463 g/mol. The predicted molar refractivity (Wildman–Crippen MR) is 126 cm³/mol. The molecule has 7 nitrogen and oxygen atoms in total. The number of fused-ring (bicyclic) bond motifs is 1. The molecule has 2 saturated heterocycles. The van der Waals surface area contributed by atoms with Crippen LogP contribution in [0.15, 0.2) is 29.3 Å². The molecule has 1 aromatic carbocycles. The highest BCUT2D eigenvalue weighted by Gasteiger charge is 2.42. The van der Waals surface area contributed by atoms with Gasteiger partial charge in [-0.25, -0.2) is 8.42 Å². The SMILES string of the molecule is O=C(c1ccc(NC2=N[C@@H]3CS(=O)(=O)C[C@H]3S2)cc1)N1CCN(C2CCCCC2)CC1. The summed E-state index contributed by atoms with van der Waals surface area (Å²) in [5, 5.41) is 4.07. The van der Waals surface area contributed by atoms with E-state index in [2.05, 4.69) is 15.2 Å². The minimum absolute atomic E-state index is 0.0284. The Morgan fingerprint density at radius 3 is 2.39 bits per heavy atom. The number of carbonyl (C=O) groups is 1. The zero-order valence-corrected chi connectivity index (χ0v) is 19.3. The van der Waals surface area contributed by atoms with Gasteiger partial charge in [-0.15, -0.1) is 0 Å². The van der Waals surface area contributed by atoms with E-state index < -0.39 is 9.84 Å². The van der Waals surface area contributed by atoms with Crippen molar-refractivity contribution in [1.29, 1.82) is 0 Å². The Balaban J connectivity index is 1.14. The van der Waals surface area contributed by atoms with Crippen molar-refractivity contribution in [2.24, 2.45) is 4.99 Å². The van der Waals surface area contributed by atoms with Crippen molar-refractivity contribution in [3.8, 4) is 0 Å². The van der Waals surface area contributed by atoms with Crippen LogP contribution >= 0.6 is 11.8 Å². The van der Waals surface area contributed by atoms with Gasteiger partial charge in [0.2, 0.25) is 0 Å². The summed E-state index contributed by atoms with van der Waals surface area (Å²) in [6.07, 6.45) is 6.67. The van der Waals surface area contributed by atoms with Crippen molar-refractivity contribution in [2.45, 2.75) is 49.4 Å². The molecule has 1 aliphatic carbocycles. The van der Waals surface area contributed by atoms with Gasteiger partial charge in [0.25, 0.3) is 5.91 Å². The Morgan fingerprint density at radius 1 is 1.00 bits per heavy atom. The summed E-state index contributed by atoms with van der Waals surface area (Å²) in [4.78, 5) is 22.0. The Labute approximate surface area is 188 Å². The molecule has 0 spiro atoms. The average Bonchev–Trinajstić information content (AvgIpc) is 3.27. The van der Waals surface area contributed by atoms with Gasteiger partial charge in [0, 0.05) is 48.7 Å². The zero-order valence-electron chi connectivity index (χ0n) is 17.7. The van der Waals surface area contributed by atoms with Crippen LogP contribution < -0.4 is 5.32 Å². The van der Waals surface area contributed by atoms with Gasteiger partial charge in [0.05, 0.1) is 17.5 Å². The molecule has 0 radical (unpaired) electrons. The molecule has 3 fully saturated rings. The van der Waals surface area contributed by atoms with Gasteiger partial charge >= 0.3 is 0 Å². The van der Waals surface area contributed by atoms with Gasteiger partial charge in [-0.05, 0) is 37.1 Å². The van der Waals surface area contributed by atoms with Crippen molar-refractivity contribution in [1.82, 2.24) is 9.80 Å². The van der Waals surface area contributed by atoms with Crippen LogP contribution in [0.2, 0.25) is 0 Å². The first-order valence-electron chi connectivity index (χ1n) is 11.3. The molecule has 1 aromatic rings. The minimum Gasteiger partial charge on any atom is -0.336 e. The number of rotatable bonds is 3. The number of benzene rings is 1. The van der Waals surface area contributed by atoms with Crippen LogP contribution in [0.4, 0.5) is 5.69 Å². The fourth-order valence-corrected chi connectivity index (χ4v) is 8.83. The number of nitrogens with zero attached hydrogens (tertiary/aromatic N) is 3. The van der Waals surface area contributed by atoms with Crippen LogP contribution in [-0.4, -0.2) is 84.3 Å². The van der Waals surface area contributed by atoms with Gasteiger partial charge in [-0.3, -0.25) is 14.7 Å². The summed E-state index contributed by atoms with van der Waals surface area (Å²) in [6.45, 7) is 3.55. The Bertz CT molecular complexity index is 949. The highest BCUT2D eigenvalue weighted by Crippen LogP contribution is 2.34. The molecule has 31 heavy (non-hydrogen) atoms. The number of sulfone groups is 1. The van der Waals surface area contributed by atoms with Crippen LogP contribution in [0.1, 0.15) is 42.5 Å². The van der Waals surface area contributed by atoms with Crippen molar-refractivity contribution >= 4 is 38.4 Å². The second-order valence-electron chi connectivity index (χ2n) is 9.06. The molecule has 0 bridgehead atoms. The lowest BCUT2D eigenvalue weighted by atomic mass is 9.94. The topological polar surface area (TPSA) is 82.1 Å². The van der Waals surface area contributed by atoms with Crippen molar-refractivity contribution in [3.63, 3.8) is 0 Å². The molecule has 3 heterocycles. The summed E-state index contributed by atoms with van der Waals surface area (Å²) >= 11 is 1.50. The van der Waals surface area contributed by atoms with Crippen molar-refractivity contribution < 1.29 is 13.2 Å². The fourth-order valence-electron chi connectivity index (χ4n) is 5.15. The number of amidine groups is 1. The Hall–Kier alpha value is -1.58. The molecule has 1 amide bonds. The number of thioether (sulfide) groups is 1. The second kappa shape index (κ2) is 8.75. The van der Waals surface area contributed by atoms with Gasteiger partial charge in [-0.2, -0.15) is 0 Å². The van der Waals surface area contributed by atoms with E-state index in [1.54, 1.807) is 0 Å². The third-order valence-electron chi connectivity index (χ3n) is 6.89. The van der Waals surface area contributed by atoms with E-state index in [9.17, 15) is 13.2 Å². The highest BCUT2D eigenvalue weighted by molar-refractivity contribution is 8.15.